The Morgan fingerprint density at radius 2 is 1.75 bits per heavy atom. The van der Waals surface area contributed by atoms with E-state index in [1.165, 1.54) is 12.4 Å². The summed E-state index contributed by atoms with van der Waals surface area (Å²) in [6.07, 6.45) is 3.16. The van der Waals surface area contributed by atoms with E-state index in [0.717, 1.165) is 27.5 Å². The van der Waals surface area contributed by atoms with E-state index in [1.807, 2.05) is 35.9 Å². The van der Waals surface area contributed by atoms with E-state index in [9.17, 15) is 4.39 Å². The summed E-state index contributed by atoms with van der Waals surface area (Å²) in [5, 5.41) is 6.28. The monoisotopic (exact) mass is 266 g/mol. The Hall–Kier alpha value is -2.69. The van der Waals surface area contributed by atoms with E-state index in [0.29, 0.717) is 0 Å². The van der Waals surface area contributed by atoms with Gasteiger partial charge >= 0.3 is 0 Å². The molecule has 0 atom stereocenters. The largest absolute Gasteiger partial charge is 0.343 e. The van der Waals surface area contributed by atoms with Gasteiger partial charge < -0.3 is 4.57 Å². The van der Waals surface area contributed by atoms with Crippen molar-refractivity contribution in [3.8, 4) is 5.69 Å². The zero-order valence-corrected chi connectivity index (χ0v) is 10.8. The number of aryl methyl sites for hydroxylation is 1. The molecule has 4 rings (SSSR count). The lowest BCUT2D eigenvalue weighted by molar-refractivity contribution is 0.629. The topological polar surface area (TPSA) is 35.6 Å². The number of benzene rings is 2. The number of aromatic nitrogens is 4. The van der Waals surface area contributed by atoms with Crippen molar-refractivity contribution in [2.45, 2.75) is 0 Å². The molecule has 0 amide bonds. The van der Waals surface area contributed by atoms with Gasteiger partial charge in [-0.25, -0.2) is 14.1 Å². The molecular weight excluding hydrogens is 255 g/mol. The Kier molecular flexibility index (Phi) is 2.18. The lowest BCUT2D eigenvalue weighted by atomic mass is 10.1. The minimum Gasteiger partial charge on any atom is -0.343 e. The first-order valence-corrected chi connectivity index (χ1v) is 6.27. The third-order valence-electron chi connectivity index (χ3n) is 3.64. The molecule has 0 saturated heterocycles. The van der Waals surface area contributed by atoms with E-state index in [2.05, 4.69) is 10.1 Å². The summed E-state index contributed by atoms with van der Waals surface area (Å²) < 4.78 is 17.1. The lowest BCUT2D eigenvalue weighted by Crippen LogP contribution is -1.95. The van der Waals surface area contributed by atoms with Gasteiger partial charge in [0.25, 0.3) is 0 Å². The van der Waals surface area contributed by atoms with Crippen LogP contribution < -0.4 is 0 Å². The zero-order valence-electron chi connectivity index (χ0n) is 10.8. The van der Waals surface area contributed by atoms with Gasteiger partial charge in [-0.3, -0.25) is 0 Å². The molecule has 0 aliphatic rings. The molecule has 2 aromatic heterocycles. The van der Waals surface area contributed by atoms with Crippen molar-refractivity contribution in [2.75, 3.05) is 0 Å². The normalized spacial score (nSPS) is 11.5. The molecule has 0 aliphatic carbocycles. The average Bonchev–Trinajstić information content (AvgIpc) is 3.07. The smallest absolute Gasteiger partial charge is 0.138 e. The van der Waals surface area contributed by atoms with Crippen LogP contribution in [-0.4, -0.2) is 19.3 Å². The fourth-order valence-corrected chi connectivity index (χ4v) is 2.65. The summed E-state index contributed by atoms with van der Waals surface area (Å²) in [6, 6.07) is 10.9. The Bertz CT molecular complexity index is 922. The summed E-state index contributed by atoms with van der Waals surface area (Å²) >= 11 is 0. The second-order valence-corrected chi connectivity index (χ2v) is 4.76. The van der Waals surface area contributed by atoms with Crippen LogP contribution in [0.1, 0.15) is 0 Å². The van der Waals surface area contributed by atoms with Crippen LogP contribution >= 0.6 is 0 Å². The van der Waals surface area contributed by atoms with E-state index >= 15 is 0 Å². The van der Waals surface area contributed by atoms with Crippen LogP contribution in [0.4, 0.5) is 4.39 Å². The summed E-state index contributed by atoms with van der Waals surface area (Å²) in [5.41, 5.74) is 2.86. The van der Waals surface area contributed by atoms with Gasteiger partial charge in [-0.1, -0.05) is 6.07 Å². The molecule has 0 spiro atoms. The van der Waals surface area contributed by atoms with E-state index in [4.69, 9.17) is 0 Å². The fraction of sp³-hybridized carbons (Fsp3) is 0.0667. The molecule has 0 radical (unpaired) electrons. The van der Waals surface area contributed by atoms with E-state index < -0.39 is 0 Å². The van der Waals surface area contributed by atoms with Crippen molar-refractivity contribution in [3.63, 3.8) is 0 Å². The van der Waals surface area contributed by atoms with Crippen molar-refractivity contribution in [1.82, 2.24) is 19.3 Å². The Morgan fingerprint density at radius 1 is 1.00 bits per heavy atom. The van der Waals surface area contributed by atoms with Gasteiger partial charge in [0, 0.05) is 17.8 Å². The predicted molar refractivity (Wildman–Crippen MR) is 75.3 cm³/mol. The molecule has 98 valence electrons. The van der Waals surface area contributed by atoms with Crippen molar-refractivity contribution in [3.05, 3.63) is 54.9 Å². The summed E-state index contributed by atoms with van der Waals surface area (Å²) in [4.78, 5) is 3.95. The van der Waals surface area contributed by atoms with Crippen molar-refractivity contribution in [2.24, 2.45) is 7.05 Å². The Morgan fingerprint density at radius 3 is 2.50 bits per heavy atom. The Labute approximate surface area is 114 Å². The van der Waals surface area contributed by atoms with Crippen LogP contribution in [-0.2, 0) is 7.05 Å². The second-order valence-electron chi connectivity index (χ2n) is 4.76. The molecule has 2 heterocycles. The molecule has 0 unspecified atom stereocenters. The molecule has 4 aromatic rings. The molecule has 20 heavy (non-hydrogen) atoms. The molecule has 0 bridgehead atoms. The standard InChI is InChI=1S/C15H11FN4/c1-19-14-6-10(16)2-4-12(14)13-5-3-11(7-15(13)19)20-9-17-8-18-20/h2-9H,1H3. The number of nitrogens with zero attached hydrogens (tertiary/aromatic N) is 4. The van der Waals surface area contributed by atoms with Crippen LogP contribution in [0.15, 0.2) is 49.1 Å². The predicted octanol–water partition coefficient (Wildman–Crippen LogP) is 3.05. The number of hydrogen-bond acceptors (Lipinski definition) is 2. The van der Waals surface area contributed by atoms with Gasteiger partial charge in [-0.2, -0.15) is 5.10 Å². The molecule has 4 nitrogen and oxygen atoms in total. The maximum absolute atomic E-state index is 13.4. The van der Waals surface area contributed by atoms with Gasteiger partial charge in [0.2, 0.25) is 0 Å². The van der Waals surface area contributed by atoms with Crippen LogP contribution in [0.3, 0.4) is 0 Å². The van der Waals surface area contributed by atoms with E-state index in [1.54, 1.807) is 17.1 Å². The first-order valence-electron chi connectivity index (χ1n) is 6.27. The third-order valence-corrected chi connectivity index (χ3v) is 3.64. The molecule has 2 aromatic carbocycles. The Balaban J connectivity index is 2.08. The number of fused-ring (bicyclic) bond motifs is 3. The molecule has 0 aliphatic heterocycles. The number of rotatable bonds is 1. The van der Waals surface area contributed by atoms with Crippen molar-refractivity contribution < 1.29 is 4.39 Å². The average molecular weight is 266 g/mol. The van der Waals surface area contributed by atoms with Gasteiger partial charge in [0.1, 0.15) is 18.5 Å². The molecule has 5 heteroatoms. The summed E-state index contributed by atoms with van der Waals surface area (Å²) in [5.74, 6) is -0.222. The molecule has 0 saturated carbocycles. The molecule has 0 N–H and O–H groups in total. The maximum atomic E-state index is 13.4. The van der Waals surface area contributed by atoms with Crippen LogP contribution in [0.25, 0.3) is 27.5 Å². The number of halogens is 1. The highest BCUT2D eigenvalue weighted by atomic mass is 19.1. The van der Waals surface area contributed by atoms with Gasteiger partial charge in [0.05, 0.1) is 16.7 Å². The molecule has 0 fully saturated rings. The van der Waals surface area contributed by atoms with Crippen molar-refractivity contribution >= 4 is 21.8 Å². The zero-order chi connectivity index (χ0) is 13.7. The van der Waals surface area contributed by atoms with Crippen molar-refractivity contribution in [1.29, 1.82) is 0 Å². The van der Waals surface area contributed by atoms with E-state index in [-0.39, 0.29) is 5.82 Å². The first kappa shape index (κ1) is 11.2. The third kappa shape index (κ3) is 1.46. The highest BCUT2D eigenvalue weighted by molar-refractivity contribution is 6.08. The van der Waals surface area contributed by atoms with Gasteiger partial charge in [0.15, 0.2) is 0 Å². The first-order chi connectivity index (χ1) is 9.74. The highest BCUT2D eigenvalue weighted by Crippen LogP contribution is 2.29. The second kappa shape index (κ2) is 3.90. The maximum Gasteiger partial charge on any atom is 0.138 e. The number of hydrogen-bond donors (Lipinski definition) is 0. The van der Waals surface area contributed by atoms with Crippen LogP contribution in [0.5, 0.6) is 0 Å². The SMILES string of the molecule is Cn1c2cc(F)ccc2c2ccc(-n3cncn3)cc21. The highest BCUT2D eigenvalue weighted by Gasteiger charge is 2.10. The summed E-state index contributed by atoms with van der Waals surface area (Å²) in [6.45, 7) is 0. The summed E-state index contributed by atoms with van der Waals surface area (Å²) in [7, 11) is 1.94. The van der Waals surface area contributed by atoms with Crippen LogP contribution in [0, 0.1) is 5.82 Å². The minimum absolute atomic E-state index is 0.222. The van der Waals surface area contributed by atoms with Crippen LogP contribution in [0.2, 0.25) is 0 Å². The van der Waals surface area contributed by atoms with Gasteiger partial charge in [-0.15, -0.1) is 0 Å². The fourth-order valence-electron chi connectivity index (χ4n) is 2.65. The minimum atomic E-state index is -0.222. The molecular formula is C15H11FN4. The van der Waals surface area contributed by atoms with Gasteiger partial charge in [-0.05, 0) is 30.3 Å². The lowest BCUT2D eigenvalue weighted by Gasteiger charge is -2.02. The quantitative estimate of drug-likeness (QED) is 0.531.